The van der Waals surface area contributed by atoms with Gasteiger partial charge in [0.25, 0.3) is 5.69 Å². The standard InChI is InChI=1S/C21H24ClN3O3/c1-23(13-16-12-17(25(27)28)10-11-19(16)22)14-21(26)24(2)20-9-5-7-15-6-3-4-8-18(15)20/h3-4,6,8,10-12,20H,5,7,9,13-14H2,1-2H3. The number of carbonyl (C=O) groups excluding carboxylic acids is 1. The number of aryl methyl sites for hydroxylation is 1. The first-order valence-electron chi connectivity index (χ1n) is 9.31. The van der Waals surface area contributed by atoms with E-state index in [0.717, 1.165) is 19.3 Å². The smallest absolute Gasteiger partial charge is 0.269 e. The predicted molar refractivity (Wildman–Crippen MR) is 109 cm³/mol. The van der Waals surface area contributed by atoms with E-state index in [1.807, 2.05) is 36.0 Å². The van der Waals surface area contributed by atoms with Crippen LogP contribution in [0.4, 0.5) is 5.69 Å². The number of fused-ring (bicyclic) bond motifs is 1. The number of nitro benzene ring substituents is 1. The molecule has 0 aliphatic heterocycles. The number of benzene rings is 2. The average molecular weight is 402 g/mol. The van der Waals surface area contributed by atoms with Gasteiger partial charge in [-0.1, -0.05) is 35.9 Å². The third-order valence-electron chi connectivity index (χ3n) is 5.28. The van der Waals surface area contributed by atoms with Crippen LogP contribution >= 0.6 is 11.6 Å². The first kappa shape index (κ1) is 20.3. The Balaban J connectivity index is 1.66. The van der Waals surface area contributed by atoms with Crippen molar-refractivity contribution < 1.29 is 9.72 Å². The van der Waals surface area contributed by atoms with Gasteiger partial charge in [-0.15, -0.1) is 0 Å². The summed E-state index contributed by atoms with van der Waals surface area (Å²) in [6, 6.07) is 12.8. The summed E-state index contributed by atoms with van der Waals surface area (Å²) in [5.74, 6) is 0.0192. The molecule has 0 bridgehead atoms. The van der Waals surface area contributed by atoms with Crippen LogP contribution < -0.4 is 0 Å². The van der Waals surface area contributed by atoms with Crippen molar-refractivity contribution in [3.05, 3.63) is 74.3 Å². The molecular formula is C21H24ClN3O3. The zero-order valence-corrected chi connectivity index (χ0v) is 16.9. The van der Waals surface area contributed by atoms with Gasteiger partial charge in [0, 0.05) is 30.7 Å². The molecule has 1 atom stereocenters. The van der Waals surface area contributed by atoms with Gasteiger partial charge in [-0.05, 0) is 49.1 Å². The molecule has 7 heteroatoms. The van der Waals surface area contributed by atoms with E-state index in [-0.39, 0.29) is 24.2 Å². The number of hydrogen-bond acceptors (Lipinski definition) is 4. The van der Waals surface area contributed by atoms with Crippen LogP contribution in [-0.2, 0) is 17.8 Å². The van der Waals surface area contributed by atoms with Crippen LogP contribution in [-0.4, -0.2) is 41.3 Å². The summed E-state index contributed by atoms with van der Waals surface area (Å²) in [7, 11) is 3.67. The largest absolute Gasteiger partial charge is 0.338 e. The van der Waals surface area contributed by atoms with Crippen molar-refractivity contribution in [3.8, 4) is 0 Å². The number of nitro groups is 1. The number of amides is 1. The molecule has 0 aromatic heterocycles. The van der Waals surface area contributed by atoms with Crippen LogP contribution in [0.15, 0.2) is 42.5 Å². The number of hydrogen-bond donors (Lipinski definition) is 0. The van der Waals surface area contributed by atoms with Crippen LogP contribution in [0, 0.1) is 10.1 Å². The molecule has 148 valence electrons. The summed E-state index contributed by atoms with van der Waals surface area (Å²) in [5, 5.41) is 11.4. The summed E-state index contributed by atoms with van der Waals surface area (Å²) in [4.78, 5) is 27.0. The van der Waals surface area contributed by atoms with Crippen molar-refractivity contribution in [2.75, 3.05) is 20.6 Å². The Morgan fingerprint density at radius 2 is 2.00 bits per heavy atom. The van der Waals surface area contributed by atoms with Gasteiger partial charge in [0.15, 0.2) is 0 Å². The molecule has 1 aliphatic carbocycles. The van der Waals surface area contributed by atoms with E-state index in [4.69, 9.17) is 11.6 Å². The van der Waals surface area contributed by atoms with Crippen molar-refractivity contribution in [2.24, 2.45) is 0 Å². The number of likely N-dealkylation sites (N-methyl/N-ethyl adjacent to an activating group) is 2. The van der Waals surface area contributed by atoms with Crippen LogP contribution in [0.1, 0.15) is 35.6 Å². The SMILES string of the molecule is CN(CC(=O)N(C)C1CCCc2ccccc21)Cc1cc([N+](=O)[O-])ccc1Cl. The second-order valence-electron chi connectivity index (χ2n) is 7.32. The molecule has 0 saturated heterocycles. The Kier molecular flexibility index (Phi) is 6.31. The molecule has 2 aromatic rings. The monoisotopic (exact) mass is 401 g/mol. The molecule has 0 N–H and O–H groups in total. The fourth-order valence-corrected chi connectivity index (χ4v) is 3.97. The first-order valence-corrected chi connectivity index (χ1v) is 9.69. The van der Waals surface area contributed by atoms with E-state index in [2.05, 4.69) is 12.1 Å². The second-order valence-corrected chi connectivity index (χ2v) is 7.72. The van der Waals surface area contributed by atoms with Gasteiger partial charge < -0.3 is 4.90 Å². The maximum Gasteiger partial charge on any atom is 0.269 e. The predicted octanol–water partition coefficient (Wildman–Crippen LogP) is 4.22. The maximum absolute atomic E-state index is 12.9. The minimum atomic E-state index is -0.445. The van der Waals surface area contributed by atoms with E-state index < -0.39 is 4.92 Å². The molecule has 1 amide bonds. The number of nitrogens with zero attached hydrogens (tertiary/aromatic N) is 3. The number of halogens is 1. The maximum atomic E-state index is 12.9. The lowest BCUT2D eigenvalue weighted by Crippen LogP contribution is -2.39. The minimum absolute atomic E-state index is 0.00458. The summed E-state index contributed by atoms with van der Waals surface area (Å²) < 4.78 is 0. The number of rotatable bonds is 6. The van der Waals surface area contributed by atoms with Crippen molar-refractivity contribution in [2.45, 2.75) is 31.8 Å². The normalized spacial score (nSPS) is 15.9. The van der Waals surface area contributed by atoms with Gasteiger partial charge in [-0.25, -0.2) is 0 Å². The van der Waals surface area contributed by atoms with E-state index >= 15 is 0 Å². The number of carbonyl (C=O) groups is 1. The van der Waals surface area contributed by atoms with Crippen LogP contribution in [0.5, 0.6) is 0 Å². The Bertz CT molecular complexity index is 887. The quantitative estimate of drug-likeness (QED) is 0.537. The minimum Gasteiger partial charge on any atom is -0.338 e. The molecule has 0 heterocycles. The summed E-state index contributed by atoms with van der Waals surface area (Å²) in [6.45, 7) is 0.579. The van der Waals surface area contributed by atoms with Crippen LogP contribution in [0.2, 0.25) is 5.02 Å². The molecule has 1 unspecified atom stereocenters. The average Bonchev–Trinajstić information content (AvgIpc) is 2.68. The molecule has 3 rings (SSSR count). The summed E-state index contributed by atoms with van der Waals surface area (Å²) in [5.41, 5.74) is 3.18. The van der Waals surface area contributed by atoms with Crippen molar-refractivity contribution in [3.63, 3.8) is 0 Å². The zero-order valence-electron chi connectivity index (χ0n) is 16.1. The van der Waals surface area contributed by atoms with Gasteiger partial charge in [0.2, 0.25) is 5.91 Å². The Labute approximate surface area is 169 Å². The molecule has 0 fully saturated rings. The fourth-order valence-electron chi connectivity index (χ4n) is 3.79. The molecule has 0 radical (unpaired) electrons. The fraction of sp³-hybridized carbons (Fsp3) is 0.381. The number of non-ortho nitro benzene ring substituents is 1. The van der Waals surface area contributed by atoms with Crippen LogP contribution in [0.25, 0.3) is 0 Å². The molecule has 0 saturated carbocycles. The molecule has 2 aromatic carbocycles. The summed E-state index contributed by atoms with van der Waals surface area (Å²) in [6.07, 6.45) is 3.08. The Hall–Kier alpha value is -2.44. The lowest BCUT2D eigenvalue weighted by Gasteiger charge is -2.34. The zero-order chi connectivity index (χ0) is 20.3. The van der Waals surface area contributed by atoms with E-state index in [1.165, 1.54) is 29.3 Å². The molecule has 1 aliphatic rings. The lowest BCUT2D eigenvalue weighted by atomic mass is 9.87. The van der Waals surface area contributed by atoms with Crippen molar-refractivity contribution in [1.82, 2.24) is 9.80 Å². The topological polar surface area (TPSA) is 66.7 Å². The first-order chi connectivity index (χ1) is 13.4. The van der Waals surface area contributed by atoms with Gasteiger partial charge in [0.05, 0.1) is 17.5 Å². The molecular weight excluding hydrogens is 378 g/mol. The summed E-state index contributed by atoms with van der Waals surface area (Å²) >= 11 is 6.18. The van der Waals surface area contributed by atoms with Gasteiger partial charge in [0.1, 0.15) is 0 Å². The Morgan fingerprint density at radius 3 is 2.75 bits per heavy atom. The van der Waals surface area contributed by atoms with E-state index in [0.29, 0.717) is 17.1 Å². The van der Waals surface area contributed by atoms with Gasteiger partial charge >= 0.3 is 0 Å². The van der Waals surface area contributed by atoms with Crippen molar-refractivity contribution >= 4 is 23.2 Å². The van der Waals surface area contributed by atoms with Gasteiger partial charge in [-0.2, -0.15) is 0 Å². The van der Waals surface area contributed by atoms with E-state index in [9.17, 15) is 14.9 Å². The Morgan fingerprint density at radius 1 is 1.25 bits per heavy atom. The second kappa shape index (κ2) is 8.71. The van der Waals surface area contributed by atoms with E-state index in [1.54, 1.807) is 0 Å². The highest BCUT2D eigenvalue weighted by atomic mass is 35.5. The third kappa shape index (κ3) is 4.51. The highest BCUT2D eigenvalue weighted by molar-refractivity contribution is 6.31. The molecule has 6 nitrogen and oxygen atoms in total. The van der Waals surface area contributed by atoms with Crippen LogP contribution in [0.3, 0.4) is 0 Å². The third-order valence-corrected chi connectivity index (χ3v) is 5.65. The molecule has 0 spiro atoms. The van der Waals surface area contributed by atoms with Crippen molar-refractivity contribution in [1.29, 1.82) is 0 Å². The highest BCUT2D eigenvalue weighted by Crippen LogP contribution is 2.33. The van der Waals surface area contributed by atoms with Gasteiger partial charge in [-0.3, -0.25) is 19.8 Å². The molecule has 28 heavy (non-hydrogen) atoms. The highest BCUT2D eigenvalue weighted by Gasteiger charge is 2.27. The lowest BCUT2D eigenvalue weighted by molar-refractivity contribution is -0.384.